The van der Waals surface area contributed by atoms with Crippen molar-refractivity contribution in [1.82, 2.24) is 5.32 Å². The Hall–Kier alpha value is -0.470. The number of hydrogen-bond donors (Lipinski definition) is 1. The molecule has 1 aromatic rings. The molecule has 0 radical (unpaired) electrons. The van der Waals surface area contributed by atoms with E-state index in [0.29, 0.717) is 6.04 Å². The van der Waals surface area contributed by atoms with Gasteiger partial charge in [0.25, 0.3) is 0 Å². The summed E-state index contributed by atoms with van der Waals surface area (Å²) in [6.07, 6.45) is 7.06. The zero-order valence-electron chi connectivity index (χ0n) is 13.2. The Morgan fingerprint density at radius 1 is 1.25 bits per heavy atom. The van der Waals surface area contributed by atoms with Crippen molar-refractivity contribution >= 4 is 11.8 Å². The fraction of sp³-hybridized carbons (Fsp3) is 0.667. The van der Waals surface area contributed by atoms with Crippen LogP contribution in [0.2, 0.25) is 0 Å². The minimum atomic E-state index is 0.657. The third-order valence-corrected chi connectivity index (χ3v) is 6.19. The van der Waals surface area contributed by atoms with Crippen LogP contribution in [0.5, 0.6) is 0 Å². The predicted molar refractivity (Wildman–Crippen MR) is 90.5 cm³/mol. The molecule has 3 atom stereocenters. The van der Waals surface area contributed by atoms with Crippen molar-refractivity contribution in [2.75, 3.05) is 12.8 Å². The van der Waals surface area contributed by atoms with Gasteiger partial charge < -0.3 is 5.32 Å². The molecule has 0 amide bonds. The van der Waals surface area contributed by atoms with E-state index in [4.69, 9.17) is 0 Å². The van der Waals surface area contributed by atoms with Crippen molar-refractivity contribution < 1.29 is 0 Å². The minimum Gasteiger partial charge on any atom is -0.316 e. The molecule has 1 saturated carbocycles. The van der Waals surface area contributed by atoms with Crippen LogP contribution in [0.15, 0.2) is 29.2 Å². The molecule has 0 spiro atoms. The Labute approximate surface area is 128 Å². The molecule has 3 unspecified atom stereocenters. The van der Waals surface area contributed by atoms with E-state index in [1.54, 1.807) is 0 Å². The Bertz CT molecular complexity index is 404. The van der Waals surface area contributed by atoms with Gasteiger partial charge >= 0.3 is 0 Å². The lowest BCUT2D eigenvalue weighted by Gasteiger charge is -2.36. The van der Waals surface area contributed by atoms with E-state index < -0.39 is 0 Å². The number of rotatable bonds is 6. The fourth-order valence-corrected chi connectivity index (χ4v) is 4.84. The maximum atomic E-state index is 3.60. The number of hydrogen-bond acceptors (Lipinski definition) is 2. The van der Waals surface area contributed by atoms with Crippen molar-refractivity contribution in [3.63, 3.8) is 0 Å². The van der Waals surface area contributed by atoms with Gasteiger partial charge in [-0.1, -0.05) is 50.8 Å². The second kappa shape index (κ2) is 8.09. The van der Waals surface area contributed by atoms with Crippen LogP contribution in [0.1, 0.15) is 44.6 Å². The maximum Gasteiger partial charge on any atom is 0.0189 e. The molecule has 112 valence electrons. The molecule has 0 aromatic heterocycles. The smallest absolute Gasteiger partial charge is 0.0189 e. The van der Waals surface area contributed by atoms with E-state index in [0.717, 1.165) is 11.8 Å². The Morgan fingerprint density at radius 2 is 2.00 bits per heavy atom. The lowest BCUT2D eigenvalue weighted by atomic mass is 9.74. The minimum absolute atomic E-state index is 0.657. The largest absolute Gasteiger partial charge is 0.316 e. The summed E-state index contributed by atoms with van der Waals surface area (Å²) in [5.41, 5.74) is 1.41. The topological polar surface area (TPSA) is 12.0 Å². The highest BCUT2D eigenvalue weighted by molar-refractivity contribution is 7.99. The molecule has 2 heteroatoms. The van der Waals surface area contributed by atoms with Gasteiger partial charge in [-0.3, -0.25) is 0 Å². The molecule has 1 nitrogen and oxygen atoms in total. The zero-order chi connectivity index (χ0) is 14.4. The number of nitrogens with one attached hydrogen (secondary N) is 1. The standard InChI is InChI=1S/C18H29NS/c1-4-15-10-6-7-11-16(15)17(19-3)13-20-18-12-8-5-9-14(18)2/h5,8-9,12,15-17,19H,4,6-7,10-11,13H2,1-3H3. The van der Waals surface area contributed by atoms with Crippen LogP contribution in [-0.4, -0.2) is 18.8 Å². The highest BCUT2D eigenvalue weighted by atomic mass is 32.2. The maximum absolute atomic E-state index is 3.60. The van der Waals surface area contributed by atoms with Gasteiger partial charge in [0.2, 0.25) is 0 Å². The molecule has 0 aliphatic heterocycles. The Kier molecular flexibility index (Phi) is 6.44. The van der Waals surface area contributed by atoms with E-state index in [2.05, 4.69) is 50.5 Å². The number of aryl methyl sites for hydroxylation is 1. The van der Waals surface area contributed by atoms with Crippen molar-refractivity contribution in [1.29, 1.82) is 0 Å². The van der Waals surface area contributed by atoms with E-state index >= 15 is 0 Å². The normalized spacial score (nSPS) is 24.6. The van der Waals surface area contributed by atoms with Gasteiger partial charge in [0.1, 0.15) is 0 Å². The summed E-state index contributed by atoms with van der Waals surface area (Å²) in [5.74, 6) is 3.00. The van der Waals surface area contributed by atoms with E-state index in [9.17, 15) is 0 Å². The first-order valence-corrected chi connectivity index (χ1v) is 9.10. The van der Waals surface area contributed by atoms with E-state index in [1.807, 2.05) is 11.8 Å². The molecular formula is C18H29NS. The number of thioether (sulfide) groups is 1. The van der Waals surface area contributed by atoms with Crippen molar-refractivity contribution in [2.24, 2.45) is 11.8 Å². The van der Waals surface area contributed by atoms with Gasteiger partial charge in [0.05, 0.1) is 0 Å². The van der Waals surface area contributed by atoms with Crippen LogP contribution in [0.4, 0.5) is 0 Å². The molecule has 2 rings (SSSR count). The summed E-state index contributed by atoms with van der Waals surface area (Å²) in [6, 6.07) is 9.41. The first-order valence-electron chi connectivity index (χ1n) is 8.12. The van der Waals surface area contributed by atoms with Crippen LogP contribution in [-0.2, 0) is 0 Å². The van der Waals surface area contributed by atoms with Gasteiger partial charge in [-0.2, -0.15) is 0 Å². The van der Waals surface area contributed by atoms with Gasteiger partial charge in [-0.05, 0) is 43.9 Å². The zero-order valence-corrected chi connectivity index (χ0v) is 14.0. The Balaban J connectivity index is 1.96. The summed E-state index contributed by atoms with van der Waals surface area (Å²) in [6.45, 7) is 4.58. The average molecular weight is 292 g/mol. The first kappa shape index (κ1) is 15.9. The van der Waals surface area contributed by atoms with Gasteiger partial charge in [0.15, 0.2) is 0 Å². The molecule has 0 heterocycles. The van der Waals surface area contributed by atoms with Crippen LogP contribution in [0, 0.1) is 18.8 Å². The molecule has 1 aliphatic rings. The molecule has 1 aromatic carbocycles. The van der Waals surface area contributed by atoms with Crippen LogP contribution in [0.25, 0.3) is 0 Å². The third-order valence-electron chi connectivity index (χ3n) is 4.89. The van der Waals surface area contributed by atoms with Gasteiger partial charge in [-0.25, -0.2) is 0 Å². The number of benzene rings is 1. The quantitative estimate of drug-likeness (QED) is 0.749. The molecule has 20 heavy (non-hydrogen) atoms. The monoisotopic (exact) mass is 291 g/mol. The van der Waals surface area contributed by atoms with Gasteiger partial charge in [0, 0.05) is 16.7 Å². The van der Waals surface area contributed by atoms with Crippen LogP contribution >= 0.6 is 11.8 Å². The highest BCUT2D eigenvalue weighted by Crippen LogP contribution is 2.36. The van der Waals surface area contributed by atoms with E-state index in [1.165, 1.54) is 48.3 Å². The lowest BCUT2D eigenvalue weighted by Crippen LogP contribution is -2.41. The summed E-state index contributed by atoms with van der Waals surface area (Å²) >= 11 is 2.02. The predicted octanol–water partition coefficient (Wildman–Crippen LogP) is 4.89. The van der Waals surface area contributed by atoms with Gasteiger partial charge in [-0.15, -0.1) is 11.8 Å². The summed E-state index contributed by atoms with van der Waals surface area (Å²) < 4.78 is 0. The molecule has 1 aliphatic carbocycles. The molecule has 1 fully saturated rings. The summed E-state index contributed by atoms with van der Waals surface area (Å²) in [7, 11) is 2.14. The van der Waals surface area contributed by atoms with Crippen LogP contribution < -0.4 is 5.32 Å². The van der Waals surface area contributed by atoms with Crippen LogP contribution in [0.3, 0.4) is 0 Å². The van der Waals surface area contributed by atoms with E-state index in [-0.39, 0.29) is 0 Å². The fourth-order valence-electron chi connectivity index (χ4n) is 3.59. The average Bonchev–Trinajstić information content (AvgIpc) is 2.50. The highest BCUT2D eigenvalue weighted by Gasteiger charge is 2.29. The third kappa shape index (κ3) is 4.02. The second-order valence-corrected chi connectivity index (χ2v) is 7.15. The first-order chi connectivity index (χ1) is 9.76. The molecular weight excluding hydrogens is 262 g/mol. The van der Waals surface area contributed by atoms with Crippen molar-refractivity contribution in [3.8, 4) is 0 Å². The molecule has 1 N–H and O–H groups in total. The molecule has 0 bridgehead atoms. The summed E-state index contributed by atoms with van der Waals surface area (Å²) in [5, 5.41) is 3.60. The van der Waals surface area contributed by atoms with Crippen molar-refractivity contribution in [2.45, 2.75) is 56.9 Å². The van der Waals surface area contributed by atoms with Crippen molar-refractivity contribution in [3.05, 3.63) is 29.8 Å². The lowest BCUT2D eigenvalue weighted by molar-refractivity contribution is 0.190. The Morgan fingerprint density at radius 3 is 2.70 bits per heavy atom. The second-order valence-electron chi connectivity index (χ2n) is 6.09. The SMILES string of the molecule is CCC1CCCCC1C(CSc1ccccc1C)NC. The summed E-state index contributed by atoms with van der Waals surface area (Å²) in [4.78, 5) is 1.44. The molecule has 0 saturated heterocycles.